The van der Waals surface area contributed by atoms with Crippen LogP contribution in [0.5, 0.6) is 5.88 Å². The van der Waals surface area contributed by atoms with Gasteiger partial charge >= 0.3 is 0 Å². The average Bonchev–Trinajstić information content (AvgIpc) is 2.97. The van der Waals surface area contributed by atoms with Crippen molar-refractivity contribution in [2.24, 2.45) is 0 Å². The van der Waals surface area contributed by atoms with Crippen LogP contribution in [0.2, 0.25) is 0 Å². The summed E-state index contributed by atoms with van der Waals surface area (Å²) in [5, 5.41) is 46.1. The quantitative estimate of drug-likeness (QED) is 0.497. The number of aromatic nitrogens is 2. The Hall–Kier alpha value is -1.97. The lowest BCUT2D eigenvalue weighted by Crippen LogP contribution is -2.60. The first-order valence-electron chi connectivity index (χ1n) is 8.47. The molecular formula is C18H24N2O6. The molecule has 1 fully saturated rings. The van der Waals surface area contributed by atoms with Crippen molar-refractivity contribution < 1.29 is 29.9 Å². The number of rotatable bonds is 5. The van der Waals surface area contributed by atoms with Gasteiger partial charge in [-0.05, 0) is 19.4 Å². The lowest BCUT2D eigenvalue weighted by atomic mass is 9.99. The van der Waals surface area contributed by atoms with Crippen LogP contribution in [0.15, 0.2) is 24.3 Å². The van der Waals surface area contributed by atoms with Gasteiger partial charge in [0.25, 0.3) is 0 Å². The number of nitrogens with zero attached hydrogens (tertiary/aromatic N) is 1. The van der Waals surface area contributed by atoms with Crippen LogP contribution in [-0.2, 0) is 11.2 Å². The lowest BCUT2D eigenvalue weighted by molar-refractivity contribution is -0.278. The molecule has 5 N–H and O–H groups in total. The van der Waals surface area contributed by atoms with Gasteiger partial charge in [-0.2, -0.15) is 0 Å². The number of hydrogen-bond donors (Lipinski definition) is 5. The van der Waals surface area contributed by atoms with Gasteiger partial charge in [-0.1, -0.05) is 29.8 Å². The van der Waals surface area contributed by atoms with E-state index < -0.39 is 37.3 Å². The van der Waals surface area contributed by atoms with Gasteiger partial charge in [0.05, 0.1) is 6.61 Å². The van der Waals surface area contributed by atoms with E-state index in [4.69, 9.17) is 9.47 Å². The van der Waals surface area contributed by atoms with E-state index in [2.05, 4.69) is 10.2 Å². The van der Waals surface area contributed by atoms with Crippen molar-refractivity contribution in [3.8, 4) is 5.88 Å². The monoisotopic (exact) mass is 364 g/mol. The van der Waals surface area contributed by atoms with Crippen LogP contribution in [0.4, 0.5) is 0 Å². The Morgan fingerprint density at radius 2 is 1.77 bits per heavy atom. The molecule has 0 spiro atoms. The van der Waals surface area contributed by atoms with Crippen LogP contribution in [0.25, 0.3) is 0 Å². The topological polar surface area (TPSA) is 128 Å². The zero-order valence-electron chi connectivity index (χ0n) is 14.7. The molecule has 0 radical (unpaired) electrons. The molecule has 1 aliphatic rings. The van der Waals surface area contributed by atoms with Crippen LogP contribution in [0, 0.1) is 13.8 Å². The normalized spacial score (nSPS) is 28.9. The van der Waals surface area contributed by atoms with E-state index in [-0.39, 0.29) is 5.88 Å². The van der Waals surface area contributed by atoms with Crippen LogP contribution in [0.3, 0.4) is 0 Å². The number of aliphatic hydroxyl groups is 4. The largest absolute Gasteiger partial charge is 0.443 e. The minimum atomic E-state index is -1.49. The van der Waals surface area contributed by atoms with Crippen molar-refractivity contribution in [3.05, 3.63) is 46.6 Å². The molecular weight excluding hydrogens is 340 g/mol. The molecule has 5 unspecified atom stereocenters. The molecule has 2 heterocycles. The van der Waals surface area contributed by atoms with Crippen LogP contribution >= 0.6 is 0 Å². The first-order valence-corrected chi connectivity index (χ1v) is 8.47. The Balaban J connectivity index is 1.79. The Morgan fingerprint density at radius 1 is 1.08 bits per heavy atom. The van der Waals surface area contributed by atoms with E-state index in [0.717, 1.165) is 22.4 Å². The lowest BCUT2D eigenvalue weighted by Gasteiger charge is -2.39. The second kappa shape index (κ2) is 7.73. The first kappa shape index (κ1) is 18.8. The summed E-state index contributed by atoms with van der Waals surface area (Å²) in [7, 11) is 0. The third-order valence-electron chi connectivity index (χ3n) is 4.61. The summed E-state index contributed by atoms with van der Waals surface area (Å²) in [6, 6.07) is 8.06. The molecule has 5 atom stereocenters. The van der Waals surface area contributed by atoms with Crippen molar-refractivity contribution in [2.75, 3.05) is 6.61 Å². The summed E-state index contributed by atoms with van der Waals surface area (Å²) in [6.45, 7) is 3.36. The van der Waals surface area contributed by atoms with Gasteiger partial charge < -0.3 is 29.9 Å². The van der Waals surface area contributed by atoms with Crippen LogP contribution in [0.1, 0.15) is 22.4 Å². The summed E-state index contributed by atoms with van der Waals surface area (Å²) >= 11 is 0. The molecule has 2 aromatic rings. The molecule has 0 saturated carbocycles. The van der Waals surface area contributed by atoms with E-state index in [0.29, 0.717) is 6.42 Å². The van der Waals surface area contributed by atoms with Crippen molar-refractivity contribution in [1.29, 1.82) is 0 Å². The number of H-pyrrole nitrogens is 1. The highest BCUT2D eigenvalue weighted by Gasteiger charge is 2.45. The number of hydrogen-bond acceptors (Lipinski definition) is 7. The van der Waals surface area contributed by atoms with Crippen LogP contribution < -0.4 is 4.74 Å². The molecule has 1 aromatic carbocycles. The molecule has 8 heteroatoms. The highest BCUT2D eigenvalue weighted by molar-refractivity contribution is 5.36. The Labute approximate surface area is 151 Å². The van der Waals surface area contributed by atoms with Gasteiger partial charge in [0, 0.05) is 17.7 Å². The number of aromatic amines is 1. The standard InChI is InChI=1S/C18H24N2O6/c1-9-3-5-11(6-4-9)7-12-10(2)19-20-17(12)26-18-16(24)15(23)14(22)13(8-21)25-18/h3-6,13-16,18,21-24H,7-8H2,1-2H3,(H,19,20). The molecule has 142 valence electrons. The molecule has 26 heavy (non-hydrogen) atoms. The zero-order chi connectivity index (χ0) is 18.8. The molecule has 0 aliphatic carbocycles. The van der Waals surface area contributed by atoms with Gasteiger partial charge in [0.1, 0.15) is 24.4 Å². The summed E-state index contributed by atoms with van der Waals surface area (Å²) < 4.78 is 11.0. The van der Waals surface area contributed by atoms with Gasteiger partial charge in [0.2, 0.25) is 12.2 Å². The molecule has 0 bridgehead atoms. The molecule has 1 saturated heterocycles. The predicted molar refractivity (Wildman–Crippen MR) is 91.7 cm³/mol. The number of aryl methyl sites for hydroxylation is 2. The maximum atomic E-state index is 10.1. The van der Waals surface area contributed by atoms with Crippen molar-refractivity contribution >= 4 is 0 Å². The maximum Gasteiger partial charge on any atom is 0.238 e. The number of ether oxygens (including phenoxy) is 2. The van der Waals surface area contributed by atoms with E-state index in [1.54, 1.807) is 0 Å². The van der Waals surface area contributed by atoms with E-state index in [1.807, 2.05) is 38.1 Å². The van der Waals surface area contributed by atoms with E-state index >= 15 is 0 Å². The molecule has 1 aromatic heterocycles. The molecule has 8 nitrogen and oxygen atoms in total. The number of benzene rings is 1. The van der Waals surface area contributed by atoms with Gasteiger partial charge in [-0.25, -0.2) is 0 Å². The fourth-order valence-electron chi connectivity index (χ4n) is 2.92. The summed E-state index contributed by atoms with van der Waals surface area (Å²) in [4.78, 5) is 0. The second-order valence-corrected chi connectivity index (χ2v) is 6.61. The van der Waals surface area contributed by atoms with Gasteiger partial charge in [0.15, 0.2) is 0 Å². The molecule has 0 amide bonds. The summed E-state index contributed by atoms with van der Waals surface area (Å²) in [6.07, 6.45) is -6.12. The number of nitrogens with one attached hydrogen (secondary N) is 1. The zero-order valence-corrected chi connectivity index (χ0v) is 14.7. The van der Waals surface area contributed by atoms with Crippen molar-refractivity contribution in [1.82, 2.24) is 10.2 Å². The summed E-state index contributed by atoms with van der Waals surface area (Å²) in [5.74, 6) is 0.243. The van der Waals surface area contributed by atoms with Crippen molar-refractivity contribution in [2.45, 2.75) is 51.0 Å². The van der Waals surface area contributed by atoms with Gasteiger partial charge in [-0.15, -0.1) is 5.10 Å². The minimum Gasteiger partial charge on any atom is -0.443 e. The fourth-order valence-corrected chi connectivity index (χ4v) is 2.92. The third kappa shape index (κ3) is 3.74. The fraction of sp³-hybridized carbons (Fsp3) is 0.500. The van der Waals surface area contributed by atoms with Crippen molar-refractivity contribution in [3.63, 3.8) is 0 Å². The van der Waals surface area contributed by atoms with Gasteiger partial charge in [-0.3, -0.25) is 5.10 Å². The first-order chi connectivity index (χ1) is 12.4. The molecule has 3 rings (SSSR count). The Morgan fingerprint density at radius 3 is 2.42 bits per heavy atom. The van der Waals surface area contributed by atoms with E-state index in [9.17, 15) is 20.4 Å². The minimum absolute atomic E-state index is 0.243. The second-order valence-electron chi connectivity index (χ2n) is 6.61. The molecule has 1 aliphatic heterocycles. The highest BCUT2D eigenvalue weighted by atomic mass is 16.7. The Bertz CT molecular complexity index is 730. The number of aliphatic hydroxyl groups excluding tert-OH is 4. The highest BCUT2D eigenvalue weighted by Crippen LogP contribution is 2.28. The third-order valence-corrected chi connectivity index (χ3v) is 4.61. The summed E-state index contributed by atoms with van der Waals surface area (Å²) in [5.41, 5.74) is 3.84. The maximum absolute atomic E-state index is 10.1. The van der Waals surface area contributed by atoms with E-state index in [1.165, 1.54) is 0 Å². The SMILES string of the molecule is Cc1ccc(Cc2c(OC3OC(CO)C(O)C(O)C3O)n[nH]c2C)cc1. The predicted octanol–water partition coefficient (Wildman–Crippen LogP) is -0.204. The average molecular weight is 364 g/mol. The van der Waals surface area contributed by atoms with Crippen LogP contribution in [-0.4, -0.2) is 67.9 Å². The Kier molecular flexibility index (Phi) is 5.59. The smallest absolute Gasteiger partial charge is 0.238 e.